The molecule has 0 saturated heterocycles. The monoisotopic (exact) mass is 330 g/mol. The van der Waals surface area contributed by atoms with Crippen molar-refractivity contribution < 1.29 is 14.8 Å². The van der Waals surface area contributed by atoms with E-state index in [0.717, 1.165) is 24.1 Å². The first-order valence-electron chi connectivity index (χ1n) is 7.87. The summed E-state index contributed by atoms with van der Waals surface area (Å²) >= 11 is 0. The number of ether oxygens (including phenoxy) is 1. The van der Waals surface area contributed by atoms with Gasteiger partial charge < -0.3 is 15.2 Å². The summed E-state index contributed by atoms with van der Waals surface area (Å²) in [7, 11) is 1.56. The molecule has 0 bridgehead atoms. The van der Waals surface area contributed by atoms with Crippen molar-refractivity contribution in [1.82, 2.24) is 0 Å². The SMILES string of the molecule is CCCC(Nc1ccc(OC)c(CO)c1)c1cccc([N+](=O)[O-])c1. The van der Waals surface area contributed by atoms with Gasteiger partial charge in [0.05, 0.1) is 24.7 Å². The van der Waals surface area contributed by atoms with E-state index in [0.29, 0.717) is 11.3 Å². The highest BCUT2D eigenvalue weighted by Gasteiger charge is 2.15. The predicted molar refractivity (Wildman–Crippen MR) is 93.3 cm³/mol. The Morgan fingerprint density at radius 1 is 1.29 bits per heavy atom. The van der Waals surface area contributed by atoms with Crippen molar-refractivity contribution in [3.8, 4) is 5.75 Å². The molecule has 2 aromatic rings. The number of benzene rings is 2. The molecule has 6 heteroatoms. The Balaban J connectivity index is 2.28. The Bertz CT molecular complexity index is 703. The van der Waals surface area contributed by atoms with E-state index >= 15 is 0 Å². The zero-order valence-electron chi connectivity index (χ0n) is 13.9. The molecule has 2 aromatic carbocycles. The zero-order valence-corrected chi connectivity index (χ0v) is 13.9. The summed E-state index contributed by atoms with van der Waals surface area (Å²) < 4.78 is 5.21. The highest BCUT2D eigenvalue weighted by molar-refractivity contribution is 5.53. The molecule has 0 amide bonds. The Morgan fingerprint density at radius 2 is 2.08 bits per heavy atom. The van der Waals surface area contributed by atoms with Gasteiger partial charge in [-0.25, -0.2) is 0 Å². The minimum atomic E-state index is -0.385. The molecule has 6 nitrogen and oxygen atoms in total. The second-order valence-electron chi connectivity index (χ2n) is 5.52. The van der Waals surface area contributed by atoms with E-state index in [9.17, 15) is 15.2 Å². The average molecular weight is 330 g/mol. The summed E-state index contributed by atoms with van der Waals surface area (Å²) in [6.07, 6.45) is 1.77. The maximum atomic E-state index is 11.0. The second kappa shape index (κ2) is 8.31. The van der Waals surface area contributed by atoms with Gasteiger partial charge in [0.25, 0.3) is 5.69 Å². The van der Waals surface area contributed by atoms with Crippen molar-refractivity contribution in [3.05, 3.63) is 63.7 Å². The summed E-state index contributed by atoms with van der Waals surface area (Å²) in [5, 5.41) is 23.8. The molecular weight excluding hydrogens is 308 g/mol. The van der Waals surface area contributed by atoms with Crippen LogP contribution in [0.3, 0.4) is 0 Å². The van der Waals surface area contributed by atoms with Crippen LogP contribution in [-0.4, -0.2) is 17.1 Å². The summed E-state index contributed by atoms with van der Waals surface area (Å²) in [6.45, 7) is 1.95. The van der Waals surface area contributed by atoms with Gasteiger partial charge in [-0.15, -0.1) is 0 Å². The molecule has 0 aliphatic heterocycles. The molecule has 0 saturated carbocycles. The third-order valence-corrected chi connectivity index (χ3v) is 3.85. The summed E-state index contributed by atoms with van der Waals surface area (Å²) in [6, 6.07) is 12.1. The molecule has 2 N–H and O–H groups in total. The fraction of sp³-hybridized carbons (Fsp3) is 0.333. The zero-order chi connectivity index (χ0) is 17.5. The van der Waals surface area contributed by atoms with E-state index < -0.39 is 0 Å². The molecule has 24 heavy (non-hydrogen) atoms. The summed E-state index contributed by atoms with van der Waals surface area (Å²) in [5.74, 6) is 0.630. The number of hydrogen-bond donors (Lipinski definition) is 2. The molecule has 0 aliphatic carbocycles. The van der Waals surface area contributed by atoms with Crippen LogP contribution in [0.4, 0.5) is 11.4 Å². The lowest BCUT2D eigenvalue weighted by atomic mass is 10.0. The molecule has 0 heterocycles. The van der Waals surface area contributed by atoms with Crippen LogP contribution in [-0.2, 0) is 6.61 Å². The van der Waals surface area contributed by atoms with Crippen LogP contribution >= 0.6 is 0 Å². The Hall–Kier alpha value is -2.60. The summed E-state index contributed by atoms with van der Waals surface area (Å²) in [4.78, 5) is 10.6. The van der Waals surface area contributed by atoms with Crippen LogP contribution in [0.25, 0.3) is 0 Å². The number of nitro benzene ring substituents is 1. The van der Waals surface area contributed by atoms with Gasteiger partial charge in [0, 0.05) is 23.4 Å². The first-order valence-corrected chi connectivity index (χ1v) is 7.87. The van der Waals surface area contributed by atoms with Crippen molar-refractivity contribution in [3.63, 3.8) is 0 Å². The number of nitro groups is 1. The molecule has 0 spiro atoms. The maximum Gasteiger partial charge on any atom is 0.269 e. The lowest BCUT2D eigenvalue weighted by molar-refractivity contribution is -0.384. The molecule has 128 valence electrons. The molecule has 0 aliphatic rings. The molecular formula is C18H22N2O4. The topological polar surface area (TPSA) is 84.6 Å². The van der Waals surface area contributed by atoms with E-state index in [1.165, 1.54) is 6.07 Å². The first-order chi connectivity index (χ1) is 11.6. The van der Waals surface area contributed by atoms with Crippen molar-refractivity contribution in [2.75, 3.05) is 12.4 Å². The smallest absolute Gasteiger partial charge is 0.269 e. The number of non-ortho nitro benzene ring substituents is 1. The lowest BCUT2D eigenvalue weighted by Crippen LogP contribution is -2.11. The number of anilines is 1. The number of nitrogens with one attached hydrogen (secondary N) is 1. The number of aliphatic hydroxyl groups excluding tert-OH is 1. The Morgan fingerprint density at radius 3 is 2.71 bits per heavy atom. The van der Waals surface area contributed by atoms with Crippen LogP contribution in [0.1, 0.15) is 36.9 Å². The van der Waals surface area contributed by atoms with Crippen LogP contribution in [0.5, 0.6) is 5.75 Å². The number of aliphatic hydroxyl groups is 1. The number of nitrogens with zero attached hydrogens (tertiary/aromatic N) is 1. The molecule has 0 aromatic heterocycles. The Kier molecular flexibility index (Phi) is 6.14. The first kappa shape index (κ1) is 17.7. The van der Waals surface area contributed by atoms with Crippen LogP contribution in [0.2, 0.25) is 0 Å². The molecule has 0 fully saturated rings. The number of hydrogen-bond acceptors (Lipinski definition) is 5. The van der Waals surface area contributed by atoms with E-state index in [1.807, 2.05) is 18.2 Å². The van der Waals surface area contributed by atoms with Gasteiger partial charge in [-0.05, 0) is 30.2 Å². The van der Waals surface area contributed by atoms with E-state index in [2.05, 4.69) is 12.2 Å². The number of rotatable bonds is 8. The third-order valence-electron chi connectivity index (χ3n) is 3.85. The van der Waals surface area contributed by atoms with Crippen molar-refractivity contribution >= 4 is 11.4 Å². The molecule has 1 atom stereocenters. The average Bonchev–Trinajstić information content (AvgIpc) is 2.61. The van der Waals surface area contributed by atoms with E-state index in [4.69, 9.17) is 4.74 Å². The fourth-order valence-corrected chi connectivity index (χ4v) is 2.66. The number of methoxy groups -OCH3 is 1. The Labute approximate surface area is 141 Å². The largest absolute Gasteiger partial charge is 0.496 e. The van der Waals surface area contributed by atoms with Gasteiger partial charge in [0.2, 0.25) is 0 Å². The highest BCUT2D eigenvalue weighted by Crippen LogP contribution is 2.29. The minimum absolute atomic E-state index is 0.0464. The van der Waals surface area contributed by atoms with Gasteiger partial charge in [0.15, 0.2) is 0 Å². The van der Waals surface area contributed by atoms with Crippen LogP contribution < -0.4 is 10.1 Å². The maximum absolute atomic E-state index is 11.0. The molecule has 0 radical (unpaired) electrons. The van der Waals surface area contributed by atoms with Gasteiger partial charge in [-0.3, -0.25) is 10.1 Å². The minimum Gasteiger partial charge on any atom is -0.496 e. The third kappa shape index (κ3) is 4.23. The highest BCUT2D eigenvalue weighted by atomic mass is 16.6. The lowest BCUT2D eigenvalue weighted by Gasteiger charge is -2.21. The fourth-order valence-electron chi connectivity index (χ4n) is 2.66. The van der Waals surface area contributed by atoms with Crippen LogP contribution in [0, 0.1) is 10.1 Å². The molecule has 1 unspecified atom stereocenters. The van der Waals surface area contributed by atoms with Crippen molar-refractivity contribution in [2.45, 2.75) is 32.4 Å². The normalized spacial score (nSPS) is 11.8. The van der Waals surface area contributed by atoms with Crippen LogP contribution in [0.15, 0.2) is 42.5 Å². The van der Waals surface area contributed by atoms with Gasteiger partial charge in [-0.1, -0.05) is 25.5 Å². The van der Waals surface area contributed by atoms with Gasteiger partial charge in [-0.2, -0.15) is 0 Å². The molecule has 2 rings (SSSR count). The predicted octanol–water partition coefficient (Wildman–Crippen LogP) is 4.05. The van der Waals surface area contributed by atoms with Gasteiger partial charge >= 0.3 is 0 Å². The standard InChI is InChI=1S/C18H22N2O4/c1-3-5-17(13-6-4-7-16(11-13)20(22)23)19-15-8-9-18(24-2)14(10-15)12-21/h4,6-11,17,19,21H,3,5,12H2,1-2H3. The second-order valence-corrected chi connectivity index (χ2v) is 5.52. The van der Waals surface area contributed by atoms with Crippen molar-refractivity contribution in [1.29, 1.82) is 0 Å². The van der Waals surface area contributed by atoms with Crippen molar-refractivity contribution in [2.24, 2.45) is 0 Å². The van der Waals surface area contributed by atoms with E-state index in [1.54, 1.807) is 25.3 Å². The van der Waals surface area contributed by atoms with E-state index in [-0.39, 0.29) is 23.3 Å². The summed E-state index contributed by atoms with van der Waals surface area (Å²) in [5.41, 5.74) is 2.48. The quantitative estimate of drug-likeness (QED) is 0.563. The van der Waals surface area contributed by atoms with Gasteiger partial charge in [0.1, 0.15) is 5.75 Å².